The quantitative estimate of drug-likeness (QED) is 0.771. The molecule has 0 amide bonds. The molecule has 2 nitrogen and oxygen atoms in total. The lowest BCUT2D eigenvalue weighted by Crippen LogP contribution is -2.10. The number of ether oxygens (including phenoxy) is 1. The number of fused-ring (bicyclic) bond motifs is 1. The van der Waals surface area contributed by atoms with Crippen molar-refractivity contribution in [1.82, 2.24) is 0 Å². The third-order valence-electron chi connectivity index (χ3n) is 3.35. The van der Waals surface area contributed by atoms with E-state index in [4.69, 9.17) is 4.74 Å². The zero-order valence-corrected chi connectivity index (χ0v) is 12.2. The molecule has 0 aromatic heterocycles. The summed E-state index contributed by atoms with van der Waals surface area (Å²) in [5.74, 6) is 0.00537. The lowest BCUT2D eigenvalue weighted by molar-refractivity contribution is 0.103. The summed E-state index contributed by atoms with van der Waals surface area (Å²) in [5.41, 5.74) is 1.60. The van der Waals surface area contributed by atoms with Crippen LogP contribution in [0.25, 0.3) is 0 Å². The van der Waals surface area contributed by atoms with E-state index >= 15 is 0 Å². The van der Waals surface area contributed by atoms with Crippen LogP contribution in [-0.2, 0) is 6.42 Å². The smallest absolute Gasteiger partial charge is 0.195 e. The molecule has 0 N–H and O–H groups in total. The van der Waals surface area contributed by atoms with Crippen molar-refractivity contribution in [2.24, 2.45) is 0 Å². The predicted octanol–water partition coefficient (Wildman–Crippen LogP) is 4.14. The van der Waals surface area contributed by atoms with Gasteiger partial charge in [-0.25, -0.2) is 4.39 Å². The molecule has 0 aliphatic carbocycles. The van der Waals surface area contributed by atoms with Crippen LogP contribution in [0.5, 0.6) is 5.75 Å². The van der Waals surface area contributed by atoms with Crippen LogP contribution >= 0.6 is 15.9 Å². The van der Waals surface area contributed by atoms with Gasteiger partial charge in [0.15, 0.2) is 5.78 Å². The van der Waals surface area contributed by atoms with Crippen LogP contribution in [0.3, 0.4) is 0 Å². The number of hydrogen-bond acceptors (Lipinski definition) is 2. The van der Waals surface area contributed by atoms with Gasteiger partial charge in [0.05, 0.1) is 12.2 Å². The Labute approximate surface area is 124 Å². The van der Waals surface area contributed by atoms with Crippen molar-refractivity contribution in [1.29, 1.82) is 0 Å². The molecule has 102 valence electrons. The highest BCUT2D eigenvalue weighted by Gasteiger charge is 2.17. The van der Waals surface area contributed by atoms with Gasteiger partial charge in [-0.1, -0.05) is 15.9 Å². The highest BCUT2D eigenvalue weighted by atomic mass is 79.9. The first kappa shape index (κ1) is 13.3. The number of ketones is 1. The maximum absolute atomic E-state index is 13.9. The summed E-state index contributed by atoms with van der Waals surface area (Å²) in [4.78, 5) is 12.4. The minimum atomic E-state index is -0.515. The Bertz CT molecular complexity index is 682. The molecule has 0 bridgehead atoms. The number of carbonyl (C=O) groups is 1. The molecule has 2 aromatic rings. The van der Waals surface area contributed by atoms with Crippen molar-refractivity contribution in [3.63, 3.8) is 0 Å². The maximum atomic E-state index is 13.9. The normalized spacial score (nSPS) is 13.5. The van der Waals surface area contributed by atoms with Gasteiger partial charge in [-0.3, -0.25) is 4.79 Å². The topological polar surface area (TPSA) is 26.3 Å². The van der Waals surface area contributed by atoms with Gasteiger partial charge in [-0.2, -0.15) is 0 Å². The number of carbonyl (C=O) groups excluding carboxylic acids is 1. The molecule has 1 aliphatic heterocycles. The second-order valence-electron chi connectivity index (χ2n) is 4.73. The minimum Gasteiger partial charge on any atom is -0.493 e. The van der Waals surface area contributed by atoms with E-state index in [-0.39, 0.29) is 11.3 Å². The van der Waals surface area contributed by atoms with Crippen LogP contribution in [0.4, 0.5) is 4.39 Å². The summed E-state index contributed by atoms with van der Waals surface area (Å²) in [5, 5.41) is 0. The van der Waals surface area contributed by atoms with E-state index in [0.29, 0.717) is 16.6 Å². The van der Waals surface area contributed by atoms with E-state index in [1.807, 2.05) is 0 Å². The number of rotatable bonds is 2. The average molecular weight is 335 g/mol. The molecule has 0 saturated heterocycles. The Kier molecular flexibility index (Phi) is 3.57. The molecular weight excluding hydrogens is 323 g/mol. The number of halogens is 2. The van der Waals surface area contributed by atoms with Crippen molar-refractivity contribution in [3.05, 3.63) is 63.4 Å². The second kappa shape index (κ2) is 5.37. The van der Waals surface area contributed by atoms with Crippen LogP contribution in [0, 0.1) is 5.82 Å². The maximum Gasteiger partial charge on any atom is 0.195 e. The van der Waals surface area contributed by atoms with Gasteiger partial charge in [0.1, 0.15) is 11.6 Å². The fourth-order valence-electron chi connectivity index (χ4n) is 2.33. The third-order valence-corrected chi connectivity index (χ3v) is 3.84. The lowest BCUT2D eigenvalue weighted by atomic mass is 9.98. The molecule has 0 atom stereocenters. The van der Waals surface area contributed by atoms with Crippen LogP contribution in [0.15, 0.2) is 40.9 Å². The SMILES string of the molecule is O=C(c1ccc2c(c1)CCCO2)c1ccc(Br)cc1F. The first-order valence-corrected chi connectivity index (χ1v) is 7.20. The Morgan fingerprint density at radius 1 is 1.20 bits per heavy atom. The number of aryl methyl sites for hydroxylation is 1. The highest BCUT2D eigenvalue weighted by Crippen LogP contribution is 2.27. The molecule has 0 spiro atoms. The van der Waals surface area contributed by atoms with Gasteiger partial charge >= 0.3 is 0 Å². The number of benzene rings is 2. The van der Waals surface area contributed by atoms with Gasteiger partial charge in [-0.15, -0.1) is 0 Å². The van der Waals surface area contributed by atoms with Crippen LogP contribution in [0.2, 0.25) is 0 Å². The fraction of sp³-hybridized carbons (Fsp3) is 0.188. The Balaban J connectivity index is 1.98. The van der Waals surface area contributed by atoms with Gasteiger partial charge in [0.25, 0.3) is 0 Å². The summed E-state index contributed by atoms with van der Waals surface area (Å²) in [6, 6.07) is 9.75. The lowest BCUT2D eigenvalue weighted by Gasteiger charge is -2.17. The molecule has 0 saturated carbocycles. The van der Waals surface area contributed by atoms with E-state index in [0.717, 1.165) is 24.2 Å². The van der Waals surface area contributed by atoms with Crippen LogP contribution in [-0.4, -0.2) is 12.4 Å². The van der Waals surface area contributed by atoms with E-state index in [2.05, 4.69) is 15.9 Å². The standard InChI is InChI=1S/C16H12BrFO2/c17-12-4-5-13(14(18)9-12)16(19)11-3-6-15-10(8-11)2-1-7-20-15/h3-6,8-9H,1-2,7H2. The largest absolute Gasteiger partial charge is 0.493 e. The second-order valence-corrected chi connectivity index (χ2v) is 5.64. The Morgan fingerprint density at radius 2 is 2.05 bits per heavy atom. The van der Waals surface area contributed by atoms with Crippen LogP contribution in [0.1, 0.15) is 27.9 Å². The molecular formula is C16H12BrFO2. The van der Waals surface area contributed by atoms with Gasteiger partial charge in [0.2, 0.25) is 0 Å². The summed E-state index contributed by atoms with van der Waals surface area (Å²) >= 11 is 3.18. The summed E-state index contributed by atoms with van der Waals surface area (Å²) < 4.78 is 20.0. The average Bonchev–Trinajstić information content (AvgIpc) is 2.46. The van der Waals surface area contributed by atoms with Gasteiger partial charge < -0.3 is 4.74 Å². The third kappa shape index (κ3) is 2.48. The molecule has 0 radical (unpaired) electrons. The number of hydrogen-bond donors (Lipinski definition) is 0. The molecule has 2 aromatic carbocycles. The van der Waals surface area contributed by atoms with E-state index in [1.54, 1.807) is 24.3 Å². The monoisotopic (exact) mass is 334 g/mol. The van der Waals surface area contributed by atoms with E-state index in [9.17, 15) is 9.18 Å². The van der Waals surface area contributed by atoms with Crippen molar-refractivity contribution in [3.8, 4) is 5.75 Å². The molecule has 3 rings (SSSR count). The summed E-state index contributed by atoms with van der Waals surface area (Å²) in [6.45, 7) is 0.710. The summed E-state index contributed by atoms with van der Waals surface area (Å²) in [6.07, 6.45) is 1.83. The molecule has 1 aliphatic rings. The van der Waals surface area contributed by atoms with Crippen molar-refractivity contribution in [2.75, 3.05) is 6.61 Å². The van der Waals surface area contributed by atoms with Crippen molar-refractivity contribution in [2.45, 2.75) is 12.8 Å². The Morgan fingerprint density at radius 3 is 2.85 bits per heavy atom. The van der Waals surface area contributed by atoms with Gasteiger partial charge in [-0.05, 0) is 54.8 Å². The summed E-state index contributed by atoms with van der Waals surface area (Å²) in [7, 11) is 0. The zero-order chi connectivity index (χ0) is 14.1. The first-order chi connectivity index (χ1) is 9.65. The molecule has 0 unspecified atom stereocenters. The molecule has 1 heterocycles. The fourth-order valence-corrected chi connectivity index (χ4v) is 2.66. The minimum absolute atomic E-state index is 0.0878. The first-order valence-electron chi connectivity index (χ1n) is 6.40. The van der Waals surface area contributed by atoms with Crippen molar-refractivity contribution >= 4 is 21.7 Å². The van der Waals surface area contributed by atoms with Crippen molar-refractivity contribution < 1.29 is 13.9 Å². The van der Waals surface area contributed by atoms with E-state index < -0.39 is 5.82 Å². The van der Waals surface area contributed by atoms with Gasteiger partial charge in [0, 0.05) is 10.0 Å². The zero-order valence-electron chi connectivity index (χ0n) is 10.7. The van der Waals surface area contributed by atoms with E-state index in [1.165, 1.54) is 12.1 Å². The predicted molar refractivity (Wildman–Crippen MR) is 77.8 cm³/mol. The molecule has 4 heteroatoms. The molecule has 20 heavy (non-hydrogen) atoms. The highest BCUT2D eigenvalue weighted by molar-refractivity contribution is 9.10. The van der Waals surface area contributed by atoms with Crippen LogP contribution < -0.4 is 4.74 Å². The Hall–Kier alpha value is -1.68. The molecule has 0 fully saturated rings.